The van der Waals surface area contributed by atoms with E-state index >= 15 is 0 Å². The molecular weight excluding hydrogens is 292 g/mol. The van der Waals surface area contributed by atoms with Crippen molar-refractivity contribution in [2.75, 3.05) is 20.6 Å². The van der Waals surface area contributed by atoms with Crippen LogP contribution in [-0.2, 0) is 6.42 Å². The van der Waals surface area contributed by atoms with Crippen molar-refractivity contribution >= 4 is 28.8 Å². The number of hydrogen-bond donors (Lipinski definition) is 1. The van der Waals surface area contributed by atoms with E-state index in [-0.39, 0.29) is 11.9 Å². The maximum atomic E-state index is 12.2. The Bertz CT molecular complexity index is 550. The molecule has 20 heavy (non-hydrogen) atoms. The molecule has 2 heterocycles. The van der Waals surface area contributed by atoms with Gasteiger partial charge in [0.25, 0.3) is 5.91 Å². The summed E-state index contributed by atoms with van der Waals surface area (Å²) in [5.41, 5.74) is 1.99. The highest BCUT2D eigenvalue weighted by Crippen LogP contribution is 2.20. The van der Waals surface area contributed by atoms with E-state index in [1.165, 1.54) is 5.56 Å². The summed E-state index contributed by atoms with van der Waals surface area (Å²) in [6.07, 6.45) is 0.723. The van der Waals surface area contributed by atoms with Gasteiger partial charge in [-0.05, 0) is 54.4 Å². The number of carbonyl (C=O) groups excluding carboxylic acids is 1. The largest absolute Gasteiger partial charge is 0.349 e. The van der Waals surface area contributed by atoms with E-state index in [0.717, 1.165) is 23.6 Å². The van der Waals surface area contributed by atoms with E-state index < -0.39 is 0 Å². The predicted octanol–water partition coefficient (Wildman–Crippen LogP) is 2.19. The number of likely N-dealkylation sites (N-methyl/N-ethyl adjacent to an activating group) is 1. The van der Waals surface area contributed by atoms with Gasteiger partial charge in [0.2, 0.25) is 0 Å². The molecule has 0 saturated heterocycles. The lowest BCUT2D eigenvalue weighted by Crippen LogP contribution is -2.34. The van der Waals surface area contributed by atoms with Gasteiger partial charge >= 0.3 is 0 Å². The molecule has 1 amide bonds. The molecule has 0 spiro atoms. The normalized spacial score (nSPS) is 12.6. The Balaban J connectivity index is 2.01. The second kappa shape index (κ2) is 6.92. The third kappa shape index (κ3) is 3.41. The van der Waals surface area contributed by atoms with Gasteiger partial charge in [-0.2, -0.15) is 11.3 Å². The summed E-state index contributed by atoms with van der Waals surface area (Å²) in [4.78, 5) is 14.9. The summed E-state index contributed by atoms with van der Waals surface area (Å²) in [6, 6.07) is 2.27. The minimum atomic E-state index is -0.0843. The van der Waals surface area contributed by atoms with Crippen molar-refractivity contribution in [1.29, 1.82) is 0 Å². The summed E-state index contributed by atoms with van der Waals surface area (Å²) in [6.45, 7) is 2.55. The summed E-state index contributed by atoms with van der Waals surface area (Å²) >= 11 is 2.82. The lowest BCUT2D eigenvalue weighted by atomic mass is 10.1. The average Bonchev–Trinajstić information content (AvgIpc) is 3.09. The minimum Gasteiger partial charge on any atom is -0.349 e. The number of nitrogens with one attached hydrogen (secondary N) is 1. The van der Waals surface area contributed by atoms with Gasteiger partial charge < -0.3 is 10.2 Å². The zero-order chi connectivity index (χ0) is 14.5. The van der Waals surface area contributed by atoms with Gasteiger partial charge in [-0.25, -0.2) is 0 Å². The fraction of sp³-hybridized carbons (Fsp3) is 0.462. The van der Waals surface area contributed by atoms with Crippen molar-refractivity contribution in [3.63, 3.8) is 0 Å². The van der Waals surface area contributed by atoms with E-state index in [1.54, 1.807) is 11.3 Å². The first kappa shape index (κ1) is 15.1. The molecule has 2 aromatic rings. The quantitative estimate of drug-likeness (QED) is 0.888. The Morgan fingerprint density at radius 2 is 2.30 bits per heavy atom. The number of thiophene rings is 1. The van der Waals surface area contributed by atoms with Gasteiger partial charge in [-0.15, -0.1) is 5.10 Å². The average molecular weight is 310 g/mol. The highest BCUT2D eigenvalue weighted by molar-refractivity contribution is 7.08. The first-order valence-corrected chi connectivity index (χ1v) is 8.13. The van der Waals surface area contributed by atoms with Gasteiger partial charge in [0.15, 0.2) is 0 Å². The van der Waals surface area contributed by atoms with Gasteiger partial charge in [-0.1, -0.05) is 11.4 Å². The van der Waals surface area contributed by atoms with Crippen LogP contribution in [0.3, 0.4) is 0 Å². The maximum absolute atomic E-state index is 12.2. The zero-order valence-electron chi connectivity index (χ0n) is 11.8. The van der Waals surface area contributed by atoms with Crippen LogP contribution >= 0.6 is 22.9 Å². The molecule has 108 valence electrons. The van der Waals surface area contributed by atoms with Crippen molar-refractivity contribution < 1.29 is 4.79 Å². The van der Waals surface area contributed by atoms with Gasteiger partial charge in [0.05, 0.1) is 11.7 Å². The molecule has 0 aliphatic rings. The molecule has 0 aliphatic carbocycles. The van der Waals surface area contributed by atoms with Crippen molar-refractivity contribution in [3.8, 4) is 0 Å². The van der Waals surface area contributed by atoms with Crippen LogP contribution in [0.25, 0.3) is 0 Å². The molecular formula is C13H18N4OS2. The fourth-order valence-corrected chi connectivity index (χ4v) is 3.32. The van der Waals surface area contributed by atoms with E-state index in [9.17, 15) is 4.79 Å². The molecule has 5 nitrogen and oxygen atoms in total. The van der Waals surface area contributed by atoms with Crippen LogP contribution in [0, 0.1) is 0 Å². The first-order valence-electron chi connectivity index (χ1n) is 6.41. The van der Waals surface area contributed by atoms with Crippen LogP contribution in [0.4, 0.5) is 0 Å². The Kier molecular flexibility index (Phi) is 5.22. The summed E-state index contributed by atoms with van der Waals surface area (Å²) in [5, 5.41) is 11.1. The van der Waals surface area contributed by atoms with Crippen LogP contribution in [-0.4, -0.2) is 41.0 Å². The molecule has 0 fully saturated rings. The van der Waals surface area contributed by atoms with Crippen LogP contribution in [0.1, 0.15) is 33.9 Å². The van der Waals surface area contributed by atoms with Crippen molar-refractivity contribution in [3.05, 3.63) is 33.0 Å². The molecule has 7 heteroatoms. The Morgan fingerprint density at radius 3 is 2.90 bits per heavy atom. The van der Waals surface area contributed by atoms with Crippen LogP contribution in [0.15, 0.2) is 16.8 Å². The number of aromatic nitrogens is 2. The first-order chi connectivity index (χ1) is 9.63. The second-order valence-corrected chi connectivity index (χ2v) is 6.18. The van der Waals surface area contributed by atoms with E-state index in [1.807, 2.05) is 21.0 Å². The number of hydrogen-bond acceptors (Lipinski definition) is 6. The summed E-state index contributed by atoms with van der Waals surface area (Å²) < 4.78 is 3.85. The maximum Gasteiger partial charge on any atom is 0.265 e. The molecule has 0 radical (unpaired) electrons. The molecule has 0 aromatic carbocycles. The third-order valence-corrected chi connectivity index (χ3v) is 4.57. The molecule has 0 bridgehead atoms. The van der Waals surface area contributed by atoms with Gasteiger partial charge in [-0.3, -0.25) is 4.79 Å². The lowest BCUT2D eigenvalue weighted by Gasteiger charge is -2.23. The van der Waals surface area contributed by atoms with Crippen LogP contribution < -0.4 is 5.32 Å². The summed E-state index contributed by atoms with van der Waals surface area (Å²) in [5.74, 6) is -0.0843. The number of amides is 1. The highest BCUT2D eigenvalue weighted by atomic mass is 32.1. The standard InChI is InChI=1S/C13H18N4OS2/c1-4-10-12(20-16-15-10)13(18)14-7-11(17(2)3)9-5-6-19-8-9/h5-6,8,11H,4,7H2,1-3H3,(H,14,18)/t11-/m0/s1. The molecule has 1 N–H and O–H groups in total. The minimum absolute atomic E-state index is 0.0843. The molecule has 0 unspecified atom stereocenters. The molecule has 1 atom stereocenters. The molecule has 2 aromatic heterocycles. The number of carbonyl (C=O) groups is 1. The van der Waals surface area contributed by atoms with E-state index in [0.29, 0.717) is 11.4 Å². The van der Waals surface area contributed by atoms with Crippen molar-refractivity contribution in [2.24, 2.45) is 0 Å². The lowest BCUT2D eigenvalue weighted by molar-refractivity contribution is 0.0945. The smallest absolute Gasteiger partial charge is 0.265 e. The number of aryl methyl sites for hydroxylation is 1. The van der Waals surface area contributed by atoms with Gasteiger partial charge in [0, 0.05) is 6.54 Å². The monoisotopic (exact) mass is 310 g/mol. The fourth-order valence-electron chi connectivity index (χ4n) is 1.95. The van der Waals surface area contributed by atoms with Crippen LogP contribution in [0.5, 0.6) is 0 Å². The number of nitrogens with zero attached hydrogens (tertiary/aromatic N) is 3. The SMILES string of the molecule is CCc1nnsc1C(=O)NC[C@@H](c1ccsc1)N(C)C. The Morgan fingerprint density at radius 1 is 1.50 bits per heavy atom. The summed E-state index contributed by atoms with van der Waals surface area (Å²) in [7, 11) is 4.03. The third-order valence-electron chi connectivity index (χ3n) is 3.10. The van der Waals surface area contributed by atoms with Gasteiger partial charge in [0.1, 0.15) is 4.88 Å². The van der Waals surface area contributed by atoms with Crippen molar-refractivity contribution in [1.82, 2.24) is 19.8 Å². The topological polar surface area (TPSA) is 58.1 Å². The number of rotatable bonds is 6. The van der Waals surface area contributed by atoms with E-state index in [4.69, 9.17) is 0 Å². The Labute approximate surface area is 126 Å². The van der Waals surface area contributed by atoms with Crippen LogP contribution in [0.2, 0.25) is 0 Å². The molecule has 2 rings (SSSR count). The molecule has 0 aliphatic heterocycles. The van der Waals surface area contributed by atoms with E-state index in [2.05, 4.69) is 36.6 Å². The predicted molar refractivity (Wildman–Crippen MR) is 82.4 cm³/mol. The zero-order valence-corrected chi connectivity index (χ0v) is 13.4. The highest BCUT2D eigenvalue weighted by Gasteiger charge is 2.19. The Hall–Kier alpha value is -1.31. The second-order valence-electron chi connectivity index (χ2n) is 4.65. The molecule has 0 saturated carbocycles. The van der Waals surface area contributed by atoms with Crippen molar-refractivity contribution in [2.45, 2.75) is 19.4 Å².